The summed E-state index contributed by atoms with van der Waals surface area (Å²) in [6, 6.07) is 68.5. The molecule has 8 aromatic rings. The fraction of sp³-hybridized carbons (Fsp3) is 0.0612. The normalized spacial score (nSPS) is 12.8. The van der Waals surface area contributed by atoms with Crippen LogP contribution in [0.4, 0.5) is 17.1 Å². The van der Waals surface area contributed by atoms with Crippen LogP contribution in [0.25, 0.3) is 55.3 Å². The summed E-state index contributed by atoms with van der Waals surface area (Å²) in [5.41, 5.74) is 15.9. The van der Waals surface area contributed by atoms with Crippen molar-refractivity contribution in [2.45, 2.75) is 19.3 Å². The Morgan fingerprint density at radius 1 is 0.400 bits per heavy atom. The first-order valence-corrected chi connectivity index (χ1v) is 17.4. The summed E-state index contributed by atoms with van der Waals surface area (Å²) < 4.78 is 0. The number of nitrogens with zero attached hydrogens (tertiary/aromatic N) is 1. The van der Waals surface area contributed by atoms with Crippen molar-refractivity contribution >= 4 is 27.8 Å². The fourth-order valence-corrected chi connectivity index (χ4v) is 8.03. The summed E-state index contributed by atoms with van der Waals surface area (Å²) in [7, 11) is 0. The van der Waals surface area contributed by atoms with E-state index < -0.39 is 0 Å². The molecule has 0 N–H and O–H groups in total. The molecule has 0 unspecified atom stereocenters. The summed E-state index contributed by atoms with van der Waals surface area (Å²) in [5, 5.41) is 2.56. The molecule has 1 aliphatic carbocycles. The van der Waals surface area contributed by atoms with E-state index in [1.54, 1.807) is 0 Å². The lowest BCUT2D eigenvalue weighted by Gasteiger charge is -2.30. The van der Waals surface area contributed by atoms with Gasteiger partial charge < -0.3 is 4.90 Å². The first-order chi connectivity index (χ1) is 24.6. The van der Waals surface area contributed by atoms with Crippen LogP contribution in [0.1, 0.15) is 25.0 Å². The van der Waals surface area contributed by atoms with Gasteiger partial charge in [-0.2, -0.15) is 0 Å². The molecule has 0 heterocycles. The van der Waals surface area contributed by atoms with E-state index in [0.29, 0.717) is 0 Å². The third kappa shape index (κ3) is 5.02. The summed E-state index contributed by atoms with van der Waals surface area (Å²) in [6.07, 6.45) is 0. The second-order valence-electron chi connectivity index (χ2n) is 13.8. The van der Waals surface area contributed by atoms with Gasteiger partial charge in [0, 0.05) is 22.4 Å². The Hall–Kier alpha value is -6.18. The molecule has 1 heteroatoms. The minimum Gasteiger partial charge on any atom is -0.310 e. The molecule has 0 amide bonds. The van der Waals surface area contributed by atoms with E-state index in [1.165, 1.54) is 72.1 Å². The van der Waals surface area contributed by atoms with Gasteiger partial charge in [-0.1, -0.05) is 166 Å². The minimum absolute atomic E-state index is 0.154. The van der Waals surface area contributed by atoms with Crippen LogP contribution < -0.4 is 4.90 Å². The van der Waals surface area contributed by atoms with Crippen molar-refractivity contribution in [2.75, 3.05) is 4.90 Å². The summed E-state index contributed by atoms with van der Waals surface area (Å²) in [4.78, 5) is 2.49. The number of hydrogen-bond acceptors (Lipinski definition) is 1. The molecule has 9 rings (SSSR count). The molecule has 0 aromatic heterocycles. The van der Waals surface area contributed by atoms with Crippen LogP contribution in [0.15, 0.2) is 188 Å². The highest BCUT2D eigenvalue weighted by molar-refractivity contribution is 6.06. The van der Waals surface area contributed by atoms with Crippen molar-refractivity contribution in [3.8, 4) is 44.5 Å². The summed E-state index contributed by atoms with van der Waals surface area (Å²) >= 11 is 0. The molecule has 1 nitrogen and oxygen atoms in total. The Morgan fingerprint density at radius 3 is 1.54 bits per heavy atom. The van der Waals surface area contributed by atoms with Crippen LogP contribution in [0.5, 0.6) is 0 Å². The maximum absolute atomic E-state index is 2.49. The molecule has 0 atom stereocenters. The van der Waals surface area contributed by atoms with Crippen molar-refractivity contribution in [3.63, 3.8) is 0 Å². The summed E-state index contributed by atoms with van der Waals surface area (Å²) in [6.45, 7) is 4.77. The van der Waals surface area contributed by atoms with E-state index >= 15 is 0 Å². The van der Waals surface area contributed by atoms with Crippen LogP contribution in [-0.2, 0) is 5.41 Å². The first-order valence-electron chi connectivity index (χ1n) is 17.4. The fourth-order valence-electron chi connectivity index (χ4n) is 8.03. The minimum atomic E-state index is -0.154. The van der Waals surface area contributed by atoms with Gasteiger partial charge in [-0.15, -0.1) is 0 Å². The molecule has 1 aliphatic rings. The molecule has 0 saturated heterocycles. The molecule has 0 radical (unpaired) electrons. The molecule has 0 spiro atoms. The van der Waals surface area contributed by atoms with E-state index in [2.05, 4.69) is 207 Å². The van der Waals surface area contributed by atoms with Gasteiger partial charge in [0.1, 0.15) is 0 Å². The largest absolute Gasteiger partial charge is 0.310 e. The molecule has 0 fully saturated rings. The predicted molar refractivity (Wildman–Crippen MR) is 213 cm³/mol. The smallest absolute Gasteiger partial charge is 0.0549 e. The second kappa shape index (κ2) is 12.1. The first kappa shape index (κ1) is 29.9. The van der Waals surface area contributed by atoms with Crippen molar-refractivity contribution in [3.05, 3.63) is 199 Å². The Kier molecular flexibility index (Phi) is 7.21. The van der Waals surface area contributed by atoms with E-state index in [9.17, 15) is 0 Å². The van der Waals surface area contributed by atoms with Crippen molar-refractivity contribution < 1.29 is 0 Å². The molecule has 8 aromatic carbocycles. The van der Waals surface area contributed by atoms with Gasteiger partial charge in [-0.25, -0.2) is 0 Å². The molecule has 238 valence electrons. The Balaban J connectivity index is 1.30. The predicted octanol–water partition coefficient (Wildman–Crippen LogP) is 13.6. The highest BCUT2D eigenvalue weighted by atomic mass is 15.1. The van der Waals surface area contributed by atoms with Crippen molar-refractivity contribution in [2.24, 2.45) is 0 Å². The number of hydrogen-bond donors (Lipinski definition) is 0. The van der Waals surface area contributed by atoms with Crippen LogP contribution in [0.3, 0.4) is 0 Å². The van der Waals surface area contributed by atoms with Crippen LogP contribution >= 0.6 is 0 Å². The average molecular weight is 640 g/mol. The van der Waals surface area contributed by atoms with E-state index in [-0.39, 0.29) is 5.41 Å². The van der Waals surface area contributed by atoms with Crippen molar-refractivity contribution in [1.82, 2.24) is 0 Å². The van der Waals surface area contributed by atoms with Gasteiger partial charge in [0.2, 0.25) is 0 Å². The highest BCUT2D eigenvalue weighted by Gasteiger charge is 2.39. The molecular formula is C49H37N. The monoisotopic (exact) mass is 639 g/mol. The van der Waals surface area contributed by atoms with Gasteiger partial charge in [-0.05, 0) is 97.2 Å². The third-order valence-corrected chi connectivity index (χ3v) is 10.4. The molecule has 0 aliphatic heterocycles. The van der Waals surface area contributed by atoms with Gasteiger partial charge in [0.25, 0.3) is 0 Å². The Labute approximate surface area is 294 Å². The summed E-state index contributed by atoms with van der Waals surface area (Å²) in [5.74, 6) is 0. The number of anilines is 3. The van der Waals surface area contributed by atoms with Crippen LogP contribution in [0.2, 0.25) is 0 Å². The number of rotatable bonds is 6. The average Bonchev–Trinajstić information content (AvgIpc) is 3.43. The van der Waals surface area contributed by atoms with Gasteiger partial charge in [0.15, 0.2) is 0 Å². The molecular weight excluding hydrogens is 603 g/mol. The standard InChI is InChI=1S/C49H37N/c1-49(2)45-29-12-11-28-44(45)47-46(33-40-20-9-10-27-43(40)48(47)49)50(41-25-14-23-38(31-41)35-18-7-4-8-19-35)42-26-15-24-39(32-42)37-22-13-21-36(30-37)34-16-5-3-6-17-34/h3-33H,1-2H3. The van der Waals surface area contributed by atoms with Gasteiger partial charge in [-0.3, -0.25) is 0 Å². The third-order valence-electron chi connectivity index (χ3n) is 10.4. The SMILES string of the molecule is CC1(C)c2ccccc2-c2c(N(c3cccc(-c4ccccc4)c3)c3cccc(-c4cccc(-c5ccccc5)c4)c3)cc3ccccc3c21. The van der Waals surface area contributed by atoms with Gasteiger partial charge >= 0.3 is 0 Å². The zero-order chi connectivity index (χ0) is 33.7. The van der Waals surface area contributed by atoms with E-state index in [0.717, 1.165) is 11.4 Å². The lowest BCUT2D eigenvalue weighted by molar-refractivity contribution is 0.666. The number of fused-ring (bicyclic) bond motifs is 5. The molecule has 50 heavy (non-hydrogen) atoms. The quantitative estimate of drug-likeness (QED) is 0.175. The lowest BCUT2D eigenvalue weighted by atomic mass is 9.80. The maximum Gasteiger partial charge on any atom is 0.0549 e. The van der Waals surface area contributed by atoms with Gasteiger partial charge in [0.05, 0.1) is 5.69 Å². The Bertz CT molecular complexity index is 2510. The van der Waals surface area contributed by atoms with Crippen molar-refractivity contribution in [1.29, 1.82) is 0 Å². The molecule has 0 bridgehead atoms. The number of benzene rings is 8. The molecule has 0 saturated carbocycles. The zero-order valence-electron chi connectivity index (χ0n) is 28.3. The highest BCUT2D eigenvalue weighted by Crippen LogP contribution is 2.56. The van der Waals surface area contributed by atoms with E-state index in [4.69, 9.17) is 0 Å². The van der Waals surface area contributed by atoms with Crippen LogP contribution in [-0.4, -0.2) is 0 Å². The Morgan fingerprint density at radius 2 is 0.880 bits per heavy atom. The second-order valence-corrected chi connectivity index (χ2v) is 13.8. The maximum atomic E-state index is 2.49. The lowest BCUT2D eigenvalue weighted by Crippen LogP contribution is -2.17. The zero-order valence-corrected chi connectivity index (χ0v) is 28.3. The van der Waals surface area contributed by atoms with Crippen LogP contribution in [0, 0.1) is 0 Å². The van der Waals surface area contributed by atoms with E-state index in [1.807, 2.05) is 0 Å². The topological polar surface area (TPSA) is 3.24 Å².